The van der Waals surface area contributed by atoms with Crippen molar-refractivity contribution in [3.63, 3.8) is 0 Å². The van der Waals surface area contributed by atoms with E-state index in [1.54, 1.807) is 4.68 Å². The van der Waals surface area contributed by atoms with E-state index in [9.17, 15) is 23.1 Å². The molecule has 0 bridgehead atoms. The number of para-hydroxylation sites is 2. The fourth-order valence-electron chi connectivity index (χ4n) is 4.76. The van der Waals surface area contributed by atoms with E-state index in [0.29, 0.717) is 16.1 Å². The fraction of sp³-hybridized carbons (Fsp3) is 0.100. The van der Waals surface area contributed by atoms with Crippen LogP contribution in [0.1, 0.15) is 21.7 Å². The second kappa shape index (κ2) is 10.4. The minimum absolute atomic E-state index is 0.241. The Balaban J connectivity index is 1.57. The lowest BCUT2D eigenvalue weighted by Gasteiger charge is -2.30. The van der Waals surface area contributed by atoms with E-state index in [4.69, 9.17) is 4.98 Å². The summed E-state index contributed by atoms with van der Waals surface area (Å²) in [7, 11) is -5.70. The van der Waals surface area contributed by atoms with Crippen LogP contribution in [-0.2, 0) is 22.2 Å². The van der Waals surface area contributed by atoms with Gasteiger partial charge in [-0.3, -0.25) is 4.57 Å². The van der Waals surface area contributed by atoms with E-state index < -0.39 is 24.4 Å². The van der Waals surface area contributed by atoms with Crippen molar-refractivity contribution in [2.45, 2.75) is 17.6 Å². The summed E-state index contributed by atoms with van der Waals surface area (Å²) >= 11 is 1.50. The second-order valence-corrected chi connectivity index (χ2v) is 12.3. The summed E-state index contributed by atoms with van der Waals surface area (Å²) in [5.74, 6) is 0. The summed E-state index contributed by atoms with van der Waals surface area (Å²) in [6.07, 6.45) is 4.21. The summed E-state index contributed by atoms with van der Waals surface area (Å²) in [5.41, 5.74) is -2.27. The number of thiazole rings is 1. The fourth-order valence-corrected chi connectivity index (χ4v) is 6.37. The molecule has 4 aromatic carbocycles. The van der Waals surface area contributed by atoms with Crippen LogP contribution >= 0.6 is 18.9 Å². The summed E-state index contributed by atoms with van der Waals surface area (Å²) in [4.78, 5) is 23.4. The van der Waals surface area contributed by atoms with Gasteiger partial charge >= 0.3 is 13.3 Å². The van der Waals surface area contributed by atoms with Crippen molar-refractivity contribution in [3.05, 3.63) is 131 Å². The average Bonchev–Trinajstić information content (AvgIpc) is 3.61. The Morgan fingerprint density at radius 3 is 2.22 bits per heavy atom. The molecule has 0 radical (unpaired) electrons. The van der Waals surface area contributed by atoms with Gasteiger partial charge in [-0.2, -0.15) is 8.78 Å². The Morgan fingerprint density at radius 1 is 0.854 bits per heavy atom. The van der Waals surface area contributed by atoms with Crippen LogP contribution < -0.4 is 0 Å². The molecular weight excluding hydrogens is 565 g/mol. The van der Waals surface area contributed by atoms with Crippen LogP contribution in [-0.4, -0.2) is 29.8 Å². The van der Waals surface area contributed by atoms with Gasteiger partial charge in [-0.1, -0.05) is 90.2 Å². The van der Waals surface area contributed by atoms with Crippen LogP contribution in [0.25, 0.3) is 27.3 Å². The predicted octanol–water partition coefficient (Wildman–Crippen LogP) is 6.97. The lowest BCUT2D eigenvalue weighted by molar-refractivity contribution is 0.0564. The minimum atomic E-state index is -5.70. The molecule has 2 heterocycles. The molecule has 0 aliphatic carbocycles. The van der Waals surface area contributed by atoms with Gasteiger partial charge in [-0.05, 0) is 41.5 Å². The highest BCUT2D eigenvalue weighted by Gasteiger charge is 2.50. The normalized spacial score (nSPS) is 14.1. The van der Waals surface area contributed by atoms with Crippen LogP contribution in [0.2, 0.25) is 0 Å². The van der Waals surface area contributed by atoms with Crippen molar-refractivity contribution in [1.29, 1.82) is 0 Å². The van der Waals surface area contributed by atoms with Crippen LogP contribution in [0.15, 0.2) is 109 Å². The third-order valence-electron chi connectivity index (χ3n) is 6.89. The highest BCUT2D eigenvalue weighted by molar-refractivity contribution is 7.52. The van der Waals surface area contributed by atoms with Crippen molar-refractivity contribution in [2.24, 2.45) is 0 Å². The first kappa shape index (κ1) is 27.1. The molecule has 0 saturated heterocycles. The average molecular weight is 589 g/mol. The topological polar surface area (TPSA) is 101 Å². The molecule has 0 saturated carbocycles. The van der Waals surface area contributed by atoms with Crippen LogP contribution in [0.5, 0.6) is 0 Å². The molecule has 206 valence electrons. The van der Waals surface area contributed by atoms with Crippen LogP contribution in [0, 0.1) is 0 Å². The molecule has 1 atom stereocenters. The van der Waals surface area contributed by atoms with Gasteiger partial charge in [0, 0.05) is 12.0 Å². The van der Waals surface area contributed by atoms with E-state index >= 15 is 0 Å². The highest BCUT2D eigenvalue weighted by atomic mass is 32.1. The molecule has 6 aromatic rings. The molecule has 11 heteroatoms. The summed E-state index contributed by atoms with van der Waals surface area (Å²) in [5, 5.41) is 9.69. The molecule has 6 rings (SSSR count). The predicted molar refractivity (Wildman–Crippen MR) is 156 cm³/mol. The third-order valence-corrected chi connectivity index (χ3v) is 9.08. The molecule has 2 N–H and O–H groups in total. The van der Waals surface area contributed by atoms with Crippen LogP contribution in [0.4, 0.5) is 8.78 Å². The monoisotopic (exact) mass is 588 g/mol. The number of benzene rings is 4. The van der Waals surface area contributed by atoms with Gasteiger partial charge in [0.1, 0.15) is 16.1 Å². The molecule has 0 aliphatic rings. The largest absolute Gasteiger partial charge is 0.399 e. The zero-order valence-corrected chi connectivity index (χ0v) is 23.1. The van der Waals surface area contributed by atoms with Gasteiger partial charge in [0.05, 0.1) is 15.7 Å². The molecule has 41 heavy (non-hydrogen) atoms. The lowest BCUT2D eigenvalue weighted by Crippen LogP contribution is -2.36. The van der Waals surface area contributed by atoms with Gasteiger partial charge < -0.3 is 9.79 Å². The maximum atomic E-state index is 14.4. The number of nitrogens with zero attached hydrogens (tertiary/aromatic N) is 4. The number of hydrogen-bond acceptors (Lipinski definition) is 5. The molecule has 0 unspecified atom stereocenters. The Morgan fingerprint density at radius 2 is 1.51 bits per heavy atom. The van der Waals surface area contributed by atoms with Gasteiger partial charge in [0.2, 0.25) is 0 Å². The molecular formula is C30H23F2N4O3PS. The Hall–Kier alpha value is -4.08. The molecule has 7 nitrogen and oxygen atoms in total. The zero-order valence-electron chi connectivity index (χ0n) is 21.4. The van der Waals surface area contributed by atoms with Crippen molar-refractivity contribution >= 4 is 46.3 Å². The Bertz CT molecular complexity index is 1890. The lowest BCUT2D eigenvalue weighted by atomic mass is 9.89. The van der Waals surface area contributed by atoms with Gasteiger partial charge in [-0.25, -0.2) is 9.67 Å². The number of aromatic nitrogens is 4. The Kier molecular flexibility index (Phi) is 6.87. The number of halogens is 2. The van der Waals surface area contributed by atoms with Crippen molar-refractivity contribution in [2.75, 3.05) is 0 Å². The quantitative estimate of drug-likeness (QED) is 0.186. The minimum Gasteiger partial charge on any atom is -0.320 e. The smallest absolute Gasteiger partial charge is 0.320 e. The number of fused-ring (bicyclic) bond motifs is 2. The number of rotatable bonds is 8. The molecule has 0 aliphatic heterocycles. The first-order valence-corrected chi connectivity index (χ1v) is 15.0. The summed E-state index contributed by atoms with van der Waals surface area (Å²) < 4.78 is 43.1. The first-order valence-electron chi connectivity index (χ1n) is 12.6. The van der Waals surface area contributed by atoms with E-state index in [-0.39, 0.29) is 6.42 Å². The first-order chi connectivity index (χ1) is 19.7. The molecule has 2 aromatic heterocycles. The Labute approximate surface area is 237 Å². The summed E-state index contributed by atoms with van der Waals surface area (Å²) in [6.45, 7) is 0. The highest BCUT2D eigenvalue weighted by Crippen LogP contribution is 2.59. The van der Waals surface area contributed by atoms with E-state index in [1.807, 2.05) is 91.0 Å². The number of allylic oxidation sites excluding steroid dienone is 1. The number of alkyl halides is 2. The zero-order chi connectivity index (χ0) is 28.7. The molecule has 0 amide bonds. The van der Waals surface area contributed by atoms with Crippen molar-refractivity contribution in [1.82, 2.24) is 20.0 Å². The third kappa shape index (κ3) is 5.00. The van der Waals surface area contributed by atoms with Gasteiger partial charge in [-0.15, -0.1) is 16.4 Å². The standard InChI is InChI=1S/C30H23F2N4O3PS/c31-30(32,40(37,38)39)23-16-14-22(15-17-23)20-29(19-18-21-8-2-1-3-9-21,28-33-25-11-5-7-13-27(25)41-28)36-26-12-6-4-10-24(26)34-35-36/h1-19H,20H2,(H2,37,38,39)/b19-18+/t29-/m1/s1. The molecule has 0 spiro atoms. The van der Waals surface area contributed by atoms with Gasteiger partial charge in [0.25, 0.3) is 0 Å². The second-order valence-electron chi connectivity index (χ2n) is 9.60. The number of hydrogen-bond donors (Lipinski definition) is 2. The maximum absolute atomic E-state index is 14.4. The van der Waals surface area contributed by atoms with E-state index in [1.165, 1.54) is 23.5 Å². The van der Waals surface area contributed by atoms with Crippen molar-refractivity contribution in [3.8, 4) is 0 Å². The molecule has 0 fully saturated rings. The maximum Gasteiger partial charge on any atom is 0.399 e. The van der Waals surface area contributed by atoms with Crippen LogP contribution in [0.3, 0.4) is 0 Å². The van der Waals surface area contributed by atoms with Gasteiger partial charge in [0.15, 0.2) is 0 Å². The summed E-state index contributed by atoms with van der Waals surface area (Å²) in [6, 6.07) is 30.1. The van der Waals surface area contributed by atoms with E-state index in [0.717, 1.165) is 33.4 Å². The van der Waals surface area contributed by atoms with Crippen molar-refractivity contribution < 1.29 is 23.1 Å². The van der Waals surface area contributed by atoms with E-state index in [2.05, 4.69) is 10.3 Å². The SMILES string of the molecule is O=P(O)(O)C(F)(F)c1ccc(C[C@](/C=C/c2ccccc2)(c2nc3ccccc3s2)n2nnc3ccccc32)cc1.